The van der Waals surface area contributed by atoms with Gasteiger partial charge in [-0.2, -0.15) is 0 Å². The van der Waals surface area contributed by atoms with E-state index >= 15 is 0 Å². The summed E-state index contributed by atoms with van der Waals surface area (Å²) in [6.07, 6.45) is 3.31. The van der Waals surface area contributed by atoms with Crippen molar-refractivity contribution in [2.24, 2.45) is 16.7 Å². The molecule has 3 atom stereocenters. The lowest BCUT2D eigenvalue weighted by molar-refractivity contribution is 0.0823. The molecule has 0 aliphatic heterocycles. The molecule has 1 aromatic heterocycles. The highest BCUT2D eigenvalue weighted by molar-refractivity contribution is 5.97. The largest absolute Gasteiger partial charge is 0.494 e. The Hall–Kier alpha value is -2.30. The molecule has 2 aliphatic carbocycles. The smallest absolute Gasteiger partial charge is 0.349 e. The van der Waals surface area contributed by atoms with Crippen molar-refractivity contribution in [3.8, 4) is 5.75 Å². The van der Waals surface area contributed by atoms with Crippen LogP contribution >= 0.6 is 0 Å². The zero-order valence-corrected chi connectivity index (χ0v) is 16.4. The minimum absolute atomic E-state index is 0.0656. The van der Waals surface area contributed by atoms with Gasteiger partial charge in [-0.1, -0.05) is 20.8 Å². The predicted molar refractivity (Wildman–Crippen MR) is 104 cm³/mol. The molecule has 27 heavy (non-hydrogen) atoms. The van der Waals surface area contributed by atoms with Crippen molar-refractivity contribution in [3.63, 3.8) is 0 Å². The third kappa shape index (κ3) is 2.67. The summed E-state index contributed by atoms with van der Waals surface area (Å²) in [4.78, 5) is 25.3. The standard InChI is InChI=1S/C22H27NO4/c1-5-26-15-7-6-13-10-16(20(25)27-17(13)12-15)19(24)23-18-11-14-8-9-22(18,4)21(14,2)3/h6-7,10,12,14,18H,5,8-9,11H2,1-4H3,(H,23,24). The van der Waals surface area contributed by atoms with Crippen molar-refractivity contribution >= 4 is 16.9 Å². The van der Waals surface area contributed by atoms with Crippen LogP contribution in [-0.2, 0) is 0 Å². The predicted octanol–water partition coefficient (Wildman–Crippen LogP) is 4.14. The lowest BCUT2D eigenvalue weighted by Crippen LogP contribution is -2.47. The Balaban J connectivity index is 1.61. The van der Waals surface area contributed by atoms with Gasteiger partial charge in [-0.15, -0.1) is 0 Å². The molecule has 1 N–H and O–H groups in total. The van der Waals surface area contributed by atoms with Crippen molar-refractivity contribution in [3.05, 3.63) is 40.2 Å². The Morgan fingerprint density at radius 3 is 2.70 bits per heavy atom. The van der Waals surface area contributed by atoms with Crippen molar-refractivity contribution in [2.45, 2.75) is 53.0 Å². The van der Waals surface area contributed by atoms with Crippen LogP contribution < -0.4 is 15.7 Å². The number of carbonyl (C=O) groups excluding carboxylic acids is 1. The molecule has 2 aliphatic rings. The normalized spacial score (nSPS) is 28.4. The van der Waals surface area contributed by atoms with E-state index in [1.807, 2.05) is 19.1 Å². The number of hydrogen-bond donors (Lipinski definition) is 1. The molecule has 2 fully saturated rings. The van der Waals surface area contributed by atoms with E-state index in [0.717, 1.165) is 12.8 Å². The van der Waals surface area contributed by atoms with Crippen molar-refractivity contribution < 1.29 is 13.9 Å². The quantitative estimate of drug-likeness (QED) is 0.823. The van der Waals surface area contributed by atoms with Gasteiger partial charge in [-0.25, -0.2) is 4.79 Å². The van der Waals surface area contributed by atoms with E-state index in [9.17, 15) is 9.59 Å². The molecule has 3 unspecified atom stereocenters. The van der Waals surface area contributed by atoms with E-state index in [-0.39, 0.29) is 28.3 Å². The average molecular weight is 369 g/mol. The number of benzene rings is 1. The molecule has 5 heteroatoms. The van der Waals surface area contributed by atoms with E-state index in [4.69, 9.17) is 9.15 Å². The average Bonchev–Trinajstić information content (AvgIpc) is 2.94. The molecule has 1 aromatic carbocycles. The zero-order chi connectivity index (χ0) is 19.4. The topological polar surface area (TPSA) is 68.5 Å². The Labute approximate surface area is 159 Å². The maximum Gasteiger partial charge on any atom is 0.349 e. The van der Waals surface area contributed by atoms with Crippen LogP contribution in [0.2, 0.25) is 0 Å². The lowest BCUT2D eigenvalue weighted by atomic mass is 9.69. The number of hydrogen-bond acceptors (Lipinski definition) is 4. The molecule has 2 saturated carbocycles. The molecular weight excluding hydrogens is 342 g/mol. The fourth-order valence-electron chi connectivity index (χ4n) is 5.16. The van der Waals surface area contributed by atoms with E-state index in [1.165, 1.54) is 6.42 Å². The first-order valence-corrected chi connectivity index (χ1v) is 9.78. The van der Waals surface area contributed by atoms with Crippen molar-refractivity contribution in [1.82, 2.24) is 5.32 Å². The van der Waals surface area contributed by atoms with Crippen LogP contribution in [-0.4, -0.2) is 18.6 Å². The second kappa shape index (κ2) is 6.11. The van der Waals surface area contributed by atoms with Crippen molar-refractivity contribution in [1.29, 1.82) is 0 Å². The highest BCUT2D eigenvalue weighted by atomic mass is 16.5. The molecule has 5 nitrogen and oxygen atoms in total. The Morgan fingerprint density at radius 1 is 1.30 bits per heavy atom. The maximum atomic E-state index is 12.9. The third-order valence-electron chi connectivity index (χ3n) is 7.36. The SMILES string of the molecule is CCOc1ccc2cc(C(=O)NC3CC4CCC3(C)C4(C)C)c(=O)oc2c1. The summed E-state index contributed by atoms with van der Waals surface area (Å²) in [7, 11) is 0. The van der Waals surface area contributed by atoms with Crippen LogP contribution in [0, 0.1) is 16.7 Å². The van der Waals surface area contributed by atoms with Crippen molar-refractivity contribution in [2.75, 3.05) is 6.61 Å². The molecule has 1 heterocycles. The van der Waals surface area contributed by atoms with Crippen LogP contribution in [0.3, 0.4) is 0 Å². The molecule has 144 valence electrons. The van der Waals surface area contributed by atoms with Crippen LogP contribution in [0.5, 0.6) is 5.75 Å². The second-order valence-corrected chi connectivity index (χ2v) is 8.72. The van der Waals surface area contributed by atoms with Crippen LogP contribution in [0.1, 0.15) is 57.3 Å². The molecule has 0 radical (unpaired) electrons. The highest BCUT2D eigenvalue weighted by Crippen LogP contribution is 2.65. The van der Waals surface area contributed by atoms with Gasteiger partial charge in [0, 0.05) is 17.5 Å². The van der Waals surface area contributed by atoms with Gasteiger partial charge < -0.3 is 14.5 Å². The maximum absolute atomic E-state index is 12.9. The number of carbonyl (C=O) groups is 1. The number of nitrogens with one attached hydrogen (secondary N) is 1. The minimum Gasteiger partial charge on any atom is -0.494 e. The van der Waals surface area contributed by atoms with E-state index < -0.39 is 5.63 Å². The summed E-state index contributed by atoms with van der Waals surface area (Å²) in [6, 6.07) is 7.01. The summed E-state index contributed by atoms with van der Waals surface area (Å²) in [6.45, 7) is 9.30. The fraction of sp³-hybridized carbons (Fsp3) is 0.545. The molecule has 2 aromatic rings. The lowest BCUT2D eigenvalue weighted by Gasteiger charge is -2.39. The Kier molecular flexibility index (Phi) is 4.09. The number of fused-ring (bicyclic) bond motifs is 3. The van der Waals surface area contributed by atoms with Crippen LogP contribution in [0.25, 0.3) is 11.0 Å². The zero-order valence-electron chi connectivity index (χ0n) is 16.4. The van der Waals surface area contributed by atoms with E-state index in [0.29, 0.717) is 29.2 Å². The van der Waals surface area contributed by atoms with Gasteiger partial charge in [0.2, 0.25) is 0 Å². The first-order chi connectivity index (χ1) is 12.8. The number of rotatable bonds is 4. The van der Waals surface area contributed by atoms with E-state index in [2.05, 4.69) is 26.1 Å². The number of amides is 1. The summed E-state index contributed by atoms with van der Waals surface area (Å²) < 4.78 is 10.8. The molecule has 0 spiro atoms. The summed E-state index contributed by atoms with van der Waals surface area (Å²) in [5.74, 6) is 0.925. The van der Waals surface area contributed by atoms with Crippen LogP contribution in [0.4, 0.5) is 0 Å². The van der Waals surface area contributed by atoms with Crippen LogP contribution in [0.15, 0.2) is 33.5 Å². The van der Waals surface area contributed by atoms with Gasteiger partial charge in [0.05, 0.1) is 6.61 Å². The monoisotopic (exact) mass is 369 g/mol. The third-order valence-corrected chi connectivity index (χ3v) is 7.36. The van der Waals surface area contributed by atoms with Gasteiger partial charge in [-0.3, -0.25) is 4.79 Å². The Bertz CT molecular complexity index is 960. The Morgan fingerprint density at radius 2 is 2.07 bits per heavy atom. The highest BCUT2D eigenvalue weighted by Gasteiger charge is 2.61. The minimum atomic E-state index is -0.610. The van der Waals surface area contributed by atoms with E-state index in [1.54, 1.807) is 12.1 Å². The van der Waals surface area contributed by atoms with Gasteiger partial charge in [0.15, 0.2) is 0 Å². The molecule has 1 amide bonds. The number of ether oxygens (including phenoxy) is 1. The molecule has 0 saturated heterocycles. The first kappa shape index (κ1) is 18.1. The summed E-state index contributed by atoms with van der Waals surface area (Å²) in [5.41, 5.74) is 0.151. The molecule has 4 rings (SSSR count). The van der Waals surface area contributed by atoms with Gasteiger partial charge in [-0.05, 0) is 61.1 Å². The second-order valence-electron chi connectivity index (χ2n) is 8.72. The van der Waals surface area contributed by atoms with Gasteiger partial charge in [0.1, 0.15) is 16.9 Å². The van der Waals surface area contributed by atoms with Gasteiger partial charge >= 0.3 is 5.63 Å². The molecule has 2 bridgehead atoms. The first-order valence-electron chi connectivity index (χ1n) is 9.78. The summed E-state index contributed by atoms with van der Waals surface area (Å²) in [5, 5.41) is 3.85. The summed E-state index contributed by atoms with van der Waals surface area (Å²) >= 11 is 0. The fourth-order valence-corrected chi connectivity index (χ4v) is 5.16. The van der Waals surface area contributed by atoms with Gasteiger partial charge in [0.25, 0.3) is 5.91 Å². The molecular formula is C22H27NO4.